The molecule has 3 rings (SSSR count). The van der Waals surface area contributed by atoms with E-state index in [0.29, 0.717) is 30.2 Å². The fourth-order valence-corrected chi connectivity index (χ4v) is 3.77. The van der Waals surface area contributed by atoms with Crippen LogP contribution >= 0.6 is 0 Å². The number of hydrogen-bond acceptors (Lipinski definition) is 5. The highest BCUT2D eigenvalue weighted by Crippen LogP contribution is 2.27. The number of amides is 1. The molecule has 6 nitrogen and oxygen atoms in total. The van der Waals surface area contributed by atoms with Gasteiger partial charge in [-0.3, -0.25) is 4.79 Å². The van der Waals surface area contributed by atoms with Crippen molar-refractivity contribution in [1.29, 1.82) is 0 Å². The van der Waals surface area contributed by atoms with E-state index in [1.807, 2.05) is 11.0 Å². The van der Waals surface area contributed by atoms with Gasteiger partial charge in [0.1, 0.15) is 0 Å². The van der Waals surface area contributed by atoms with Crippen molar-refractivity contribution >= 4 is 11.9 Å². The Kier molecular flexibility index (Phi) is 5.10. The van der Waals surface area contributed by atoms with Gasteiger partial charge in [0.2, 0.25) is 11.9 Å². The van der Waals surface area contributed by atoms with Crippen LogP contribution in [0.5, 0.6) is 0 Å². The lowest BCUT2D eigenvalue weighted by Crippen LogP contribution is -2.43. The lowest BCUT2D eigenvalue weighted by molar-refractivity contribution is -0.133. The summed E-state index contributed by atoms with van der Waals surface area (Å²) in [4.78, 5) is 25.2. The van der Waals surface area contributed by atoms with Gasteiger partial charge >= 0.3 is 0 Å². The van der Waals surface area contributed by atoms with Crippen LogP contribution in [0.1, 0.15) is 50.1 Å². The molecule has 0 bridgehead atoms. The van der Waals surface area contributed by atoms with Gasteiger partial charge in [-0.15, -0.1) is 0 Å². The highest BCUT2D eigenvalue weighted by molar-refractivity contribution is 5.77. The number of nitrogens with two attached hydrogens (primary N) is 1. The average molecular weight is 317 g/mol. The number of nitrogens with zero attached hydrogens (tertiary/aromatic N) is 4. The molecule has 2 saturated heterocycles. The zero-order valence-corrected chi connectivity index (χ0v) is 13.9. The SMILES string of the molecule is CN1CCCCC1CC(=O)N1CCC(c2ccnc(N)n2)CC1. The molecule has 1 atom stereocenters. The Balaban J connectivity index is 1.51. The van der Waals surface area contributed by atoms with Crippen LogP contribution in [0.4, 0.5) is 5.95 Å². The topological polar surface area (TPSA) is 75.4 Å². The third-order valence-electron chi connectivity index (χ3n) is 5.29. The van der Waals surface area contributed by atoms with Crippen LogP contribution in [0.25, 0.3) is 0 Å². The monoisotopic (exact) mass is 317 g/mol. The first-order chi connectivity index (χ1) is 11.1. The van der Waals surface area contributed by atoms with E-state index in [-0.39, 0.29) is 0 Å². The molecule has 126 valence electrons. The van der Waals surface area contributed by atoms with Gasteiger partial charge in [-0.05, 0) is 45.3 Å². The number of carbonyl (C=O) groups excluding carboxylic acids is 1. The van der Waals surface area contributed by atoms with E-state index in [9.17, 15) is 4.79 Å². The molecule has 1 aromatic rings. The summed E-state index contributed by atoms with van der Waals surface area (Å²) in [7, 11) is 2.14. The average Bonchev–Trinajstić information content (AvgIpc) is 2.57. The van der Waals surface area contributed by atoms with Crippen molar-refractivity contribution in [2.24, 2.45) is 0 Å². The summed E-state index contributed by atoms with van der Waals surface area (Å²) in [6.07, 6.45) is 7.97. The molecule has 1 amide bonds. The molecule has 0 aliphatic carbocycles. The third kappa shape index (κ3) is 3.99. The van der Waals surface area contributed by atoms with Crippen LogP contribution in [0.15, 0.2) is 12.3 Å². The molecular weight excluding hydrogens is 290 g/mol. The molecule has 1 aromatic heterocycles. The van der Waals surface area contributed by atoms with Crippen molar-refractivity contribution in [3.63, 3.8) is 0 Å². The van der Waals surface area contributed by atoms with Crippen LogP contribution in [0.2, 0.25) is 0 Å². The van der Waals surface area contributed by atoms with Crippen LogP contribution in [0.3, 0.4) is 0 Å². The van der Waals surface area contributed by atoms with Gasteiger partial charge in [-0.1, -0.05) is 6.42 Å². The molecule has 1 unspecified atom stereocenters. The quantitative estimate of drug-likeness (QED) is 0.917. The summed E-state index contributed by atoms with van der Waals surface area (Å²) in [5, 5.41) is 0. The highest BCUT2D eigenvalue weighted by Gasteiger charge is 2.28. The predicted octanol–water partition coefficient (Wildman–Crippen LogP) is 1.64. The largest absolute Gasteiger partial charge is 0.368 e. The Morgan fingerprint density at radius 2 is 2.04 bits per heavy atom. The summed E-state index contributed by atoms with van der Waals surface area (Å²) in [6.45, 7) is 2.77. The molecule has 3 heterocycles. The minimum absolute atomic E-state index is 0.310. The van der Waals surface area contributed by atoms with E-state index in [2.05, 4.69) is 21.9 Å². The molecule has 2 aliphatic heterocycles. The molecule has 0 radical (unpaired) electrons. The molecule has 2 N–H and O–H groups in total. The second kappa shape index (κ2) is 7.25. The van der Waals surface area contributed by atoms with Crippen molar-refractivity contribution in [3.05, 3.63) is 18.0 Å². The van der Waals surface area contributed by atoms with Gasteiger partial charge < -0.3 is 15.5 Å². The molecule has 0 saturated carbocycles. The molecular formula is C17H27N5O. The van der Waals surface area contributed by atoms with Crippen LogP contribution in [-0.4, -0.2) is 58.4 Å². The zero-order valence-electron chi connectivity index (χ0n) is 13.9. The molecule has 23 heavy (non-hydrogen) atoms. The minimum Gasteiger partial charge on any atom is -0.368 e. The normalized spacial score (nSPS) is 23.9. The molecule has 0 spiro atoms. The standard InChI is InChI=1S/C17H27N5O/c1-21-9-3-2-4-14(21)12-16(23)22-10-6-13(7-11-22)15-5-8-19-17(18)20-15/h5,8,13-14H,2-4,6-7,9-12H2,1H3,(H2,18,19,20). The first kappa shape index (κ1) is 16.2. The summed E-state index contributed by atoms with van der Waals surface area (Å²) >= 11 is 0. The lowest BCUT2D eigenvalue weighted by atomic mass is 9.92. The number of hydrogen-bond donors (Lipinski definition) is 1. The van der Waals surface area contributed by atoms with Gasteiger partial charge in [-0.2, -0.15) is 0 Å². The summed E-state index contributed by atoms with van der Waals surface area (Å²) in [6, 6.07) is 2.37. The first-order valence-corrected chi connectivity index (χ1v) is 8.70. The number of anilines is 1. The Morgan fingerprint density at radius 3 is 2.74 bits per heavy atom. The fourth-order valence-electron chi connectivity index (χ4n) is 3.77. The van der Waals surface area contributed by atoms with Crippen molar-refractivity contribution in [2.75, 3.05) is 32.4 Å². The van der Waals surface area contributed by atoms with E-state index in [1.165, 1.54) is 12.8 Å². The highest BCUT2D eigenvalue weighted by atomic mass is 16.2. The molecule has 2 fully saturated rings. The number of nitrogen functional groups attached to an aromatic ring is 1. The predicted molar refractivity (Wildman–Crippen MR) is 89.9 cm³/mol. The van der Waals surface area contributed by atoms with Gasteiger partial charge in [-0.25, -0.2) is 9.97 Å². The van der Waals surface area contributed by atoms with Crippen molar-refractivity contribution in [1.82, 2.24) is 19.8 Å². The van der Waals surface area contributed by atoms with Crippen LogP contribution in [-0.2, 0) is 4.79 Å². The number of rotatable bonds is 3. The van der Waals surface area contributed by atoms with Crippen molar-refractivity contribution in [2.45, 2.75) is 50.5 Å². The van der Waals surface area contributed by atoms with E-state index < -0.39 is 0 Å². The van der Waals surface area contributed by atoms with E-state index in [0.717, 1.165) is 44.6 Å². The van der Waals surface area contributed by atoms with E-state index >= 15 is 0 Å². The first-order valence-electron chi connectivity index (χ1n) is 8.70. The lowest BCUT2D eigenvalue weighted by Gasteiger charge is -2.36. The Labute approximate surface area is 138 Å². The maximum absolute atomic E-state index is 12.6. The van der Waals surface area contributed by atoms with Gasteiger partial charge in [0.15, 0.2) is 0 Å². The Bertz CT molecular complexity index is 542. The fraction of sp³-hybridized carbons (Fsp3) is 0.706. The second-order valence-electron chi connectivity index (χ2n) is 6.83. The van der Waals surface area contributed by atoms with E-state index in [4.69, 9.17) is 5.73 Å². The molecule has 0 aromatic carbocycles. The van der Waals surface area contributed by atoms with Crippen LogP contribution < -0.4 is 5.73 Å². The smallest absolute Gasteiger partial charge is 0.224 e. The summed E-state index contributed by atoms with van der Waals surface area (Å²) in [5.74, 6) is 1.03. The third-order valence-corrected chi connectivity index (χ3v) is 5.29. The minimum atomic E-state index is 0.310. The van der Waals surface area contributed by atoms with Crippen molar-refractivity contribution in [3.8, 4) is 0 Å². The van der Waals surface area contributed by atoms with Gasteiger partial charge in [0.05, 0.1) is 0 Å². The molecule has 2 aliphatic rings. The maximum Gasteiger partial charge on any atom is 0.224 e. The number of likely N-dealkylation sites (tertiary alicyclic amines) is 2. The van der Waals surface area contributed by atoms with Gasteiger partial charge in [0, 0.05) is 43.4 Å². The zero-order chi connectivity index (χ0) is 16.2. The van der Waals surface area contributed by atoms with E-state index in [1.54, 1.807) is 6.20 Å². The maximum atomic E-state index is 12.6. The Hall–Kier alpha value is -1.69. The Morgan fingerprint density at radius 1 is 1.26 bits per heavy atom. The summed E-state index contributed by atoms with van der Waals surface area (Å²) in [5.41, 5.74) is 6.68. The van der Waals surface area contributed by atoms with Crippen molar-refractivity contribution < 1.29 is 4.79 Å². The number of carbonyl (C=O) groups is 1. The molecule has 6 heteroatoms. The second-order valence-corrected chi connectivity index (χ2v) is 6.83. The number of piperidine rings is 2. The van der Waals surface area contributed by atoms with Crippen LogP contribution in [0, 0.1) is 0 Å². The number of aromatic nitrogens is 2. The van der Waals surface area contributed by atoms with Gasteiger partial charge in [0.25, 0.3) is 0 Å². The summed E-state index contributed by atoms with van der Waals surface area (Å²) < 4.78 is 0.